The van der Waals surface area contributed by atoms with E-state index in [1.54, 1.807) is 18.2 Å². The van der Waals surface area contributed by atoms with E-state index in [-0.39, 0.29) is 31.1 Å². The number of ether oxygens (including phenoxy) is 2. The number of carbonyl (C=O) groups is 2. The molecule has 6 rings (SSSR count). The number of fused-ring (bicyclic) bond motifs is 1. The fourth-order valence-electron chi connectivity index (χ4n) is 4.69. The van der Waals surface area contributed by atoms with Crippen LogP contribution in [0.3, 0.4) is 0 Å². The lowest BCUT2D eigenvalue weighted by atomic mass is 9.97. The Morgan fingerprint density at radius 1 is 1.05 bits per heavy atom. The molecule has 3 aliphatic heterocycles. The Hall–Kier alpha value is -4.11. The fraction of sp³-hybridized carbons (Fsp3) is 0.241. The summed E-state index contributed by atoms with van der Waals surface area (Å²) < 4.78 is 10.7. The average molecular weight is 527 g/mol. The van der Waals surface area contributed by atoms with Crippen LogP contribution >= 0.6 is 11.8 Å². The topological polar surface area (TPSA) is 92.6 Å². The van der Waals surface area contributed by atoms with Gasteiger partial charge in [-0.25, -0.2) is 5.01 Å². The zero-order chi connectivity index (χ0) is 26.1. The summed E-state index contributed by atoms with van der Waals surface area (Å²) in [7, 11) is 0. The molecule has 0 saturated heterocycles. The molecule has 8 nitrogen and oxygen atoms in total. The van der Waals surface area contributed by atoms with E-state index >= 15 is 0 Å². The summed E-state index contributed by atoms with van der Waals surface area (Å²) in [6, 6.07) is 23.7. The number of benzene rings is 3. The van der Waals surface area contributed by atoms with Crippen LogP contribution in [0, 0.1) is 0 Å². The molecule has 3 aromatic carbocycles. The summed E-state index contributed by atoms with van der Waals surface area (Å²) in [5, 5.41) is 9.51. The van der Waals surface area contributed by atoms with Crippen LogP contribution in [0.4, 0.5) is 5.69 Å². The number of aryl methyl sites for hydroxylation is 1. The molecule has 0 saturated carbocycles. The molecule has 0 unspecified atom stereocenters. The number of hydrazone groups is 1. The van der Waals surface area contributed by atoms with Gasteiger partial charge in [-0.15, -0.1) is 0 Å². The van der Waals surface area contributed by atoms with Gasteiger partial charge in [0.15, 0.2) is 16.7 Å². The molecule has 0 fully saturated rings. The molecule has 192 valence electrons. The summed E-state index contributed by atoms with van der Waals surface area (Å²) in [5.41, 5.74) is 4.94. The molecular weight excluding hydrogens is 500 g/mol. The molecule has 0 aliphatic carbocycles. The lowest BCUT2D eigenvalue weighted by molar-refractivity contribution is -0.121. The Balaban J connectivity index is 1.18. The van der Waals surface area contributed by atoms with E-state index in [0.29, 0.717) is 28.8 Å². The van der Waals surface area contributed by atoms with Crippen LogP contribution in [-0.4, -0.2) is 39.7 Å². The molecule has 3 aromatic rings. The van der Waals surface area contributed by atoms with Crippen LogP contribution in [-0.2, 0) is 16.0 Å². The van der Waals surface area contributed by atoms with Gasteiger partial charge < -0.3 is 14.8 Å². The maximum absolute atomic E-state index is 12.9. The predicted octanol–water partition coefficient (Wildman–Crippen LogP) is 5.16. The summed E-state index contributed by atoms with van der Waals surface area (Å²) in [5.74, 6) is 0.628. The highest BCUT2D eigenvalue weighted by atomic mass is 32.2. The number of amidine groups is 1. The minimum absolute atomic E-state index is 0.00387. The van der Waals surface area contributed by atoms with E-state index < -0.39 is 5.25 Å². The molecule has 2 atom stereocenters. The van der Waals surface area contributed by atoms with Gasteiger partial charge in [0, 0.05) is 24.6 Å². The molecule has 1 N–H and O–H groups in total. The van der Waals surface area contributed by atoms with E-state index in [1.807, 2.05) is 35.3 Å². The third kappa shape index (κ3) is 4.89. The number of anilines is 1. The number of hydrogen-bond donors (Lipinski definition) is 1. The van der Waals surface area contributed by atoms with Crippen molar-refractivity contribution in [2.75, 3.05) is 12.1 Å². The lowest BCUT2D eigenvalue weighted by Gasteiger charge is -2.23. The number of amides is 2. The molecule has 0 radical (unpaired) electrons. The first-order valence-corrected chi connectivity index (χ1v) is 13.4. The molecule has 38 heavy (non-hydrogen) atoms. The Bertz CT molecular complexity index is 1440. The van der Waals surface area contributed by atoms with Gasteiger partial charge in [-0.1, -0.05) is 73.3 Å². The van der Waals surface area contributed by atoms with E-state index in [1.165, 1.54) is 17.3 Å². The summed E-state index contributed by atoms with van der Waals surface area (Å²) >= 11 is 1.29. The zero-order valence-corrected chi connectivity index (χ0v) is 21.6. The highest BCUT2D eigenvalue weighted by molar-refractivity contribution is 8.15. The Kier molecular flexibility index (Phi) is 6.59. The van der Waals surface area contributed by atoms with Crippen molar-refractivity contribution in [2.45, 2.75) is 37.5 Å². The van der Waals surface area contributed by atoms with E-state index in [4.69, 9.17) is 14.6 Å². The van der Waals surface area contributed by atoms with Gasteiger partial charge in [0.1, 0.15) is 5.25 Å². The standard InChI is InChI=1S/C29H26N4O4S/c1-2-18-8-10-20(11-9-18)23-15-22(19-6-4-3-5-7-19)32-33(23)29-31-28(35)26(38-29)16-27(34)30-21-12-13-24-25(14-21)37-17-36-24/h3-14,23,26H,2,15-17H2,1H3,(H,30,34)/t23-,26-/m1/s1. The SMILES string of the molecule is CCc1ccc([C@H]2CC(c3ccccc3)=NN2C2=NC(=O)[C@@H](CC(=O)Nc3ccc4c(c3)OCO4)S2)cc1. The molecule has 9 heteroatoms. The number of hydrogen-bond acceptors (Lipinski definition) is 7. The minimum atomic E-state index is -0.613. The van der Waals surface area contributed by atoms with Gasteiger partial charge in [0.05, 0.1) is 11.8 Å². The molecule has 0 aromatic heterocycles. The molecule has 0 bridgehead atoms. The fourth-order valence-corrected chi connectivity index (χ4v) is 5.75. The van der Waals surface area contributed by atoms with E-state index in [9.17, 15) is 9.59 Å². The maximum Gasteiger partial charge on any atom is 0.262 e. The molecule has 3 aliphatic rings. The van der Waals surface area contributed by atoms with Gasteiger partial charge in [0.25, 0.3) is 5.91 Å². The van der Waals surface area contributed by atoms with Crippen LogP contribution in [0.5, 0.6) is 11.5 Å². The van der Waals surface area contributed by atoms with Crippen LogP contribution in [0.25, 0.3) is 0 Å². The average Bonchev–Trinajstić information content (AvgIpc) is 3.68. The first-order chi connectivity index (χ1) is 18.6. The van der Waals surface area contributed by atoms with Crippen molar-refractivity contribution < 1.29 is 19.1 Å². The summed E-state index contributed by atoms with van der Waals surface area (Å²) in [6.07, 6.45) is 1.66. The lowest BCUT2D eigenvalue weighted by Crippen LogP contribution is -2.25. The van der Waals surface area contributed by atoms with Crippen molar-refractivity contribution >= 4 is 40.1 Å². The van der Waals surface area contributed by atoms with Gasteiger partial charge >= 0.3 is 0 Å². The van der Waals surface area contributed by atoms with Gasteiger partial charge in [-0.2, -0.15) is 10.1 Å². The first kappa shape index (κ1) is 24.2. The molecular formula is C29H26N4O4S. The normalized spacial score (nSPS) is 19.9. The first-order valence-electron chi connectivity index (χ1n) is 12.6. The van der Waals surface area contributed by atoms with Gasteiger partial charge in [-0.3, -0.25) is 9.59 Å². The van der Waals surface area contributed by atoms with E-state index in [0.717, 1.165) is 23.3 Å². The second-order valence-electron chi connectivity index (χ2n) is 9.23. The predicted molar refractivity (Wildman–Crippen MR) is 148 cm³/mol. The van der Waals surface area contributed by atoms with E-state index in [2.05, 4.69) is 41.5 Å². The number of rotatable bonds is 6. The molecule has 0 spiro atoms. The Morgan fingerprint density at radius 2 is 1.84 bits per heavy atom. The van der Waals surface area contributed by atoms with Gasteiger partial charge in [0.2, 0.25) is 12.7 Å². The highest BCUT2D eigenvalue weighted by Gasteiger charge is 2.39. The molecule has 3 heterocycles. The number of nitrogens with zero attached hydrogens (tertiary/aromatic N) is 3. The second-order valence-corrected chi connectivity index (χ2v) is 10.4. The largest absolute Gasteiger partial charge is 0.454 e. The van der Waals surface area contributed by atoms with Crippen molar-refractivity contribution in [3.05, 3.63) is 89.5 Å². The van der Waals surface area contributed by atoms with Crippen molar-refractivity contribution in [3.8, 4) is 11.5 Å². The van der Waals surface area contributed by atoms with Crippen LogP contribution < -0.4 is 14.8 Å². The summed E-state index contributed by atoms with van der Waals surface area (Å²) in [6.45, 7) is 2.29. The zero-order valence-electron chi connectivity index (χ0n) is 20.8. The monoisotopic (exact) mass is 526 g/mol. The Labute approximate surface area is 224 Å². The van der Waals surface area contributed by atoms with Crippen molar-refractivity contribution in [3.63, 3.8) is 0 Å². The molecule has 2 amide bonds. The van der Waals surface area contributed by atoms with Gasteiger partial charge in [-0.05, 0) is 35.2 Å². The second kappa shape index (κ2) is 10.3. The smallest absolute Gasteiger partial charge is 0.262 e. The number of carbonyl (C=O) groups excluding carboxylic acids is 2. The van der Waals surface area contributed by atoms with Crippen molar-refractivity contribution in [1.29, 1.82) is 0 Å². The van der Waals surface area contributed by atoms with Crippen LogP contribution in [0.2, 0.25) is 0 Å². The third-order valence-electron chi connectivity index (χ3n) is 6.74. The van der Waals surface area contributed by atoms with Crippen molar-refractivity contribution in [1.82, 2.24) is 5.01 Å². The quantitative estimate of drug-likeness (QED) is 0.477. The van der Waals surface area contributed by atoms with Crippen molar-refractivity contribution in [2.24, 2.45) is 10.1 Å². The van der Waals surface area contributed by atoms with Crippen LogP contribution in [0.1, 0.15) is 42.5 Å². The number of thioether (sulfide) groups is 1. The third-order valence-corrected chi connectivity index (χ3v) is 7.88. The number of aliphatic imine (C=N–C) groups is 1. The summed E-state index contributed by atoms with van der Waals surface area (Å²) in [4.78, 5) is 30.0. The highest BCUT2D eigenvalue weighted by Crippen LogP contribution is 2.39. The van der Waals surface area contributed by atoms with Crippen LogP contribution in [0.15, 0.2) is 82.9 Å². The Morgan fingerprint density at radius 3 is 2.63 bits per heavy atom. The maximum atomic E-state index is 12.9. The number of nitrogens with one attached hydrogen (secondary N) is 1. The minimum Gasteiger partial charge on any atom is -0.454 e.